The zero-order valence-electron chi connectivity index (χ0n) is 74.0. The Morgan fingerprint density at radius 3 is 0.913 bits per heavy atom. The summed E-state index contributed by atoms with van der Waals surface area (Å²) in [5.74, 6) is 6.44. The Labute approximate surface area is 759 Å². The van der Waals surface area contributed by atoms with Crippen LogP contribution in [0.5, 0.6) is 23.0 Å². The van der Waals surface area contributed by atoms with Crippen molar-refractivity contribution in [2.75, 3.05) is 179 Å². The van der Waals surface area contributed by atoms with Crippen molar-refractivity contribution in [3.8, 4) is 23.0 Å². The quantitative estimate of drug-likeness (QED) is 0.0164. The summed E-state index contributed by atoms with van der Waals surface area (Å²) in [5.41, 5.74) is 16.1. The van der Waals surface area contributed by atoms with Gasteiger partial charge in [0, 0.05) is 34.3 Å². The van der Waals surface area contributed by atoms with E-state index in [0.29, 0.717) is 125 Å². The highest BCUT2D eigenvalue weighted by Crippen LogP contribution is 2.44. The van der Waals surface area contributed by atoms with Crippen LogP contribution in [0.3, 0.4) is 0 Å². The zero-order chi connectivity index (χ0) is 91.6. The van der Waals surface area contributed by atoms with E-state index in [1.54, 1.807) is 81.8 Å². The van der Waals surface area contributed by atoms with Gasteiger partial charge in [0.15, 0.2) is 23.3 Å². The van der Waals surface area contributed by atoms with E-state index in [1.807, 2.05) is 172 Å². The summed E-state index contributed by atoms with van der Waals surface area (Å²) in [6.07, 6.45) is 7.90. The Kier molecular flexibility index (Phi) is 36.6. The largest absolute Gasteiger partial charge is 0.495 e. The maximum Gasteiger partial charge on any atom is 0.229 e. The Bertz CT molecular complexity index is 5910. The third-order valence-electron chi connectivity index (χ3n) is 19.4. The number of anilines is 16. The van der Waals surface area contributed by atoms with E-state index in [9.17, 15) is 18.3 Å². The van der Waals surface area contributed by atoms with E-state index in [-0.39, 0.29) is 5.92 Å². The number of ether oxygens (including phenoxy) is 4. The molecule has 36 heteroatoms. The number of likely N-dealkylation sites (N-methyl/N-ethyl adjacent to an activating group) is 3. The molecule has 0 saturated heterocycles. The number of halogens is 4. The standard InChI is InChI=1S/2C23H29ClN5O2P.2C22H27ClN5O2P/c1-15(13-25-2)16-10-11-18(20(12-16)31-3)28-23-26-14-17(24)22(29-23)27-19-8-6-7-9-21(19)32(4,5)30;1-29(2)13-12-16-10-11-18(20(14-16)31-3)27-23-25-15-17(24)22(28-23)26-19-8-6-7-9-21(19)32(4,5)30;1-14(12-24)15-9-10-17(19(11-15)30-2)27-22-25-13-16(23)21(28-22)26-18-7-5-6-8-20(18)31(3,4)29;1-24-12-11-15-9-10-17(19(13-15)30-2)27-22-25-14-16(23)21(28-22)26-18-7-5-6-8-20(18)31(3,4)29/h6-12,14-15,25H,13H2,1-5H3,(H2,26,27,28,29);6-11,14-15H,12-13H2,1-5H3,(H2,25,26,27,28);5-11,13-14H,12,24H2,1-4H3,(H2,25,26,27,28);5-10,13-14,24H,11-12H2,1-4H3,(H2,25,26,27,28). The molecule has 4 aromatic heterocycles. The summed E-state index contributed by atoms with van der Waals surface area (Å²) >= 11 is 25.3. The molecule has 12 N–H and O–H groups in total. The molecular formula is C90H112Cl4N20O8P4. The molecule has 0 aliphatic carbocycles. The first kappa shape index (κ1) is 99.4. The molecule has 2 unspecified atom stereocenters. The molecule has 12 rings (SSSR count). The average Bonchev–Trinajstić information content (AvgIpc) is 0.797. The molecule has 0 bridgehead atoms. The first-order valence-electron chi connectivity index (χ1n) is 40.1. The number of methoxy groups -OCH3 is 4. The predicted octanol–water partition coefficient (Wildman–Crippen LogP) is 19.7. The number of rotatable bonds is 35. The van der Waals surface area contributed by atoms with Gasteiger partial charge in [-0.25, -0.2) is 19.9 Å². The summed E-state index contributed by atoms with van der Waals surface area (Å²) in [4.78, 5) is 37.4. The second-order valence-corrected chi connectivity index (χ2v) is 45.4. The molecule has 0 saturated carbocycles. The Balaban J connectivity index is 0.000000190. The minimum atomic E-state index is -2.49. The van der Waals surface area contributed by atoms with Crippen LogP contribution in [0.15, 0.2) is 195 Å². The number of aromatic nitrogens is 8. The highest BCUT2D eigenvalue weighted by molar-refractivity contribution is 7.71. The summed E-state index contributed by atoms with van der Waals surface area (Å²) in [6, 6.07) is 53.6. The molecule has 0 aliphatic heterocycles. The van der Waals surface area contributed by atoms with Crippen molar-refractivity contribution in [3.05, 3.63) is 237 Å². The molecule has 0 amide bonds. The van der Waals surface area contributed by atoms with Crippen LogP contribution >= 0.6 is 75.0 Å². The van der Waals surface area contributed by atoms with Gasteiger partial charge in [-0.2, -0.15) is 19.9 Å². The number of benzene rings is 8. The second kappa shape index (κ2) is 46.4. The van der Waals surface area contributed by atoms with E-state index < -0.39 is 28.6 Å². The molecular weight excluding hydrogens is 1750 g/mol. The van der Waals surface area contributed by atoms with Gasteiger partial charge in [-0.3, -0.25) is 0 Å². The monoisotopic (exact) mass is 1860 g/mol. The van der Waals surface area contributed by atoms with Gasteiger partial charge in [0.1, 0.15) is 71.7 Å². The lowest BCUT2D eigenvalue weighted by Crippen LogP contribution is -2.15. The van der Waals surface area contributed by atoms with Crippen LogP contribution in [0.2, 0.25) is 20.1 Å². The number of nitrogens with two attached hydrogens (primary N) is 1. The first-order chi connectivity index (χ1) is 59.9. The molecule has 4 heterocycles. The van der Waals surface area contributed by atoms with Crippen LogP contribution in [0.4, 0.5) is 92.6 Å². The fraction of sp³-hybridized carbons (Fsp3) is 0.289. The topological polar surface area (TPSA) is 358 Å². The van der Waals surface area contributed by atoms with E-state index in [0.717, 1.165) is 87.6 Å². The Morgan fingerprint density at radius 1 is 0.365 bits per heavy atom. The van der Waals surface area contributed by atoms with Gasteiger partial charge >= 0.3 is 0 Å². The average molecular weight is 1870 g/mol. The van der Waals surface area contributed by atoms with Crippen LogP contribution in [0.25, 0.3) is 0 Å². The molecule has 0 spiro atoms. The van der Waals surface area contributed by atoms with E-state index in [2.05, 4.69) is 138 Å². The lowest BCUT2D eigenvalue weighted by atomic mass is 10.0. The van der Waals surface area contributed by atoms with Crippen molar-refractivity contribution in [3.63, 3.8) is 0 Å². The van der Waals surface area contributed by atoms with Crippen LogP contribution in [0, 0.1) is 0 Å². The van der Waals surface area contributed by atoms with Crippen molar-refractivity contribution >= 4 is 189 Å². The molecule has 12 aromatic rings. The van der Waals surface area contributed by atoms with Gasteiger partial charge in [-0.15, -0.1) is 0 Å². The van der Waals surface area contributed by atoms with Gasteiger partial charge in [0.05, 0.1) is 98.7 Å². The molecule has 0 fully saturated rings. The smallest absolute Gasteiger partial charge is 0.229 e. The first-order valence-corrected chi connectivity index (χ1v) is 52.0. The lowest BCUT2D eigenvalue weighted by molar-refractivity contribution is 0.408. The highest BCUT2D eigenvalue weighted by Gasteiger charge is 2.24. The predicted molar refractivity (Wildman–Crippen MR) is 528 cm³/mol. The van der Waals surface area contributed by atoms with Crippen LogP contribution in [0.1, 0.15) is 47.9 Å². The summed E-state index contributed by atoms with van der Waals surface area (Å²) in [7, 11) is 4.52. The molecule has 0 radical (unpaired) electrons. The zero-order valence-corrected chi connectivity index (χ0v) is 80.6. The number of para-hydroxylation sites is 4. The minimum Gasteiger partial charge on any atom is -0.495 e. The lowest BCUT2D eigenvalue weighted by Gasteiger charge is -2.17. The molecule has 28 nitrogen and oxygen atoms in total. The van der Waals surface area contributed by atoms with Crippen molar-refractivity contribution in [1.29, 1.82) is 0 Å². The van der Waals surface area contributed by atoms with Crippen molar-refractivity contribution in [1.82, 2.24) is 55.4 Å². The van der Waals surface area contributed by atoms with E-state index in [4.69, 9.17) is 71.1 Å². The van der Waals surface area contributed by atoms with Crippen LogP contribution in [-0.4, -0.2) is 181 Å². The highest BCUT2D eigenvalue weighted by atomic mass is 35.5. The normalized spacial score (nSPS) is 11.8. The second-order valence-electron chi connectivity index (χ2n) is 31.0. The number of nitrogens with zero attached hydrogens (tertiary/aromatic N) is 9. The van der Waals surface area contributed by atoms with Crippen LogP contribution < -0.4 is 99.1 Å². The Morgan fingerprint density at radius 2 is 0.643 bits per heavy atom. The number of hydrogen-bond acceptors (Lipinski definition) is 28. The summed E-state index contributed by atoms with van der Waals surface area (Å²) in [6.45, 7) is 21.3. The van der Waals surface area contributed by atoms with Gasteiger partial charge < -0.3 is 101 Å². The molecule has 126 heavy (non-hydrogen) atoms. The van der Waals surface area contributed by atoms with E-state index >= 15 is 0 Å². The van der Waals surface area contributed by atoms with Gasteiger partial charge in [-0.05, 0) is 239 Å². The van der Waals surface area contributed by atoms with Gasteiger partial charge in [0.25, 0.3) is 0 Å². The van der Waals surface area contributed by atoms with E-state index in [1.165, 1.54) is 35.9 Å². The molecule has 668 valence electrons. The third kappa shape index (κ3) is 28.8. The molecule has 2 atom stereocenters. The van der Waals surface area contributed by atoms with Gasteiger partial charge in [0.2, 0.25) is 23.8 Å². The summed E-state index contributed by atoms with van der Waals surface area (Å²) < 4.78 is 72.8. The van der Waals surface area contributed by atoms with Gasteiger partial charge in [-0.1, -0.05) is 133 Å². The number of hydrogen-bond donors (Lipinski definition) is 11. The Hall–Kier alpha value is -10.4. The van der Waals surface area contributed by atoms with Crippen molar-refractivity contribution in [2.24, 2.45) is 5.73 Å². The minimum absolute atomic E-state index is 0.221. The number of nitrogens with one attached hydrogen (secondary N) is 10. The maximum atomic E-state index is 12.7. The van der Waals surface area contributed by atoms with Crippen molar-refractivity contribution < 1.29 is 37.2 Å². The maximum absolute atomic E-state index is 12.7. The summed E-state index contributed by atoms with van der Waals surface area (Å²) in [5, 5.41) is 36.3. The molecule has 0 aliphatic rings. The molecule has 8 aromatic carbocycles. The fourth-order valence-electron chi connectivity index (χ4n) is 12.7. The van der Waals surface area contributed by atoms with Crippen molar-refractivity contribution in [2.45, 2.75) is 38.5 Å². The third-order valence-corrected chi connectivity index (χ3v) is 26.7. The fourth-order valence-corrected chi connectivity index (χ4v) is 17.8. The SMILES string of the molecule is CNCC(C)c1ccc(Nc2ncc(Cl)c(Nc3ccccc3P(C)(C)=O)n2)c(OC)c1.CNCCc1ccc(Nc2ncc(Cl)c(Nc3ccccc3P(C)(C)=O)n2)c(OC)c1.COc1cc(C(C)CN)ccc1Nc1ncc(Cl)c(Nc2ccccc2P(C)(C)=O)n1.COc1cc(CCN(C)C)ccc1Nc1ncc(Cl)c(Nc2ccccc2P(C)(C)=O)n1. The van der Waals surface area contributed by atoms with Crippen LogP contribution in [-0.2, 0) is 31.1 Å².